The number of aryl methyl sites for hydroxylation is 1. The van der Waals surface area contributed by atoms with Crippen LogP contribution in [-0.2, 0) is 16.6 Å². The molecule has 8 heteroatoms. The lowest BCUT2D eigenvalue weighted by atomic mass is 10.4. The number of nitrogens with zero attached hydrogens (tertiary/aromatic N) is 1. The predicted octanol–water partition coefficient (Wildman–Crippen LogP) is 2.42. The molecule has 19 heavy (non-hydrogen) atoms. The van der Waals surface area contributed by atoms with E-state index in [9.17, 15) is 8.42 Å². The van der Waals surface area contributed by atoms with Gasteiger partial charge in [-0.2, -0.15) is 0 Å². The molecule has 0 saturated carbocycles. The van der Waals surface area contributed by atoms with Gasteiger partial charge in [-0.05, 0) is 19.5 Å². The Hall–Kier alpha value is -0.960. The van der Waals surface area contributed by atoms with Crippen molar-refractivity contribution in [3.8, 4) is 0 Å². The Morgan fingerprint density at radius 2 is 2.21 bits per heavy atom. The molecular weight excluding hydrogens is 302 g/mol. The van der Waals surface area contributed by atoms with E-state index in [4.69, 9.17) is 0 Å². The summed E-state index contributed by atoms with van der Waals surface area (Å²) in [7, 11) is -3.54. The molecule has 5 nitrogen and oxygen atoms in total. The lowest BCUT2D eigenvalue weighted by Gasteiger charge is -2.03. The summed E-state index contributed by atoms with van der Waals surface area (Å²) in [5.41, 5.74) is 0. The Bertz CT molecular complexity index is 632. The zero-order valence-corrected chi connectivity index (χ0v) is 13.1. The highest BCUT2D eigenvalue weighted by atomic mass is 32.2. The Morgan fingerprint density at radius 1 is 1.42 bits per heavy atom. The van der Waals surface area contributed by atoms with E-state index in [2.05, 4.69) is 15.0 Å². The zero-order chi connectivity index (χ0) is 13.9. The minimum atomic E-state index is -3.54. The number of aromatic nitrogens is 1. The van der Waals surface area contributed by atoms with Crippen LogP contribution in [0.3, 0.4) is 0 Å². The van der Waals surface area contributed by atoms with E-state index >= 15 is 0 Å². The molecule has 0 aromatic carbocycles. The van der Waals surface area contributed by atoms with E-state index in [0.29, 0.717) is 16.6 Å². The van der Waals surface area contributed by atoms with Gasteiger partial charge < -0.3 is 5.32 Å². The molecule has 0 amide bonds. The van der Waals surface area contributed by atoms with Crippen LogP contribution in [0.4, 0.5) is 5.13 Å². The molecule has 0 unspecified atom stereocenters. The zero-order valence-electron chi connectivity index (χ0n) is 10.6. The normalized spacial score (nSPS) is 11.7. The van der Waals surface area contributed by atoms with Gasteiger partial charge in [-0.15, -0.1) is 22.7 Å². The fraction of sp³-hybridized carbons (Fsp3) is 0.364. The van der Waals surface area contributed by atoms with E-state index in [-0.39, 0.29) is 0 Å². The molecule has 0 aliphatic heterocycles. The van der Waals surface area contributed by atoms with Gasteiger partial charge in [0.25, 0.3) is 10.0 Å². The Kier molecular flexibility index (Phi) is 4.56. The molecule has 0 aliphatic carbocycles. The molecule has 2 N–H and O–H groups in total. The van der Waals surface area contributed by atoms with Crippen LogP contribution in [0.1, 0.15) is 16.7 Å². The molecule has 2 aromatic rings. The van der Waals surface area contributed by atoms with Crippen LogP contribution in [-0.4, -0.2) is 19.9 Å². The van der Waals surface area contributed by atoms with Crippen LogP contribution in [0.2, 0.25) is 0 Å². The molecule has 0 radical (unpaired) electrons. The van der Waals surface area contributed by atoms with Crippen molar-refractivity contribution in [1.29, 1.82) is 0 Å². The number of thiophene rings is 1. The molecule has 0 atom stereocenters. The second kappa shape index (κ2) is 6.00. The Morgan fingerprint density at radius 3 is 2.84 bits per heavy atom. The van der Waals surface area contributed by atoms with Crippen molar-refractivity contribution in [2.75, 3.05) is 11.3 Å². The quantitative estimate of drug-likeness (QED) is 0.858. The van der Waals surface area contributed by atoms with Crippen molar-refractivity contribution in [2.45, 2.75) is 25.3 Å². The summed E-state index contributed by atoms with van der Waals surface area (Å²) in [6.45, 7) is 5.38. The molecule has 2 rings (SSSR count). The Balaban J connectivity index is 2.22. The first kappa shape index (κ1) is 14.4. The van der Waals surface area contributed by atoms with Crippen molar-refractivity contribution >= 4 is 37.8 Å². The standard InChI is InChI=1S/C11H15N3O2S3/c1-3-12-7-9-6-10(8(2)18-9)19(15,16)14-11-13-4-5-17-11/h4-6,12H,3,7H2,1-2H3,(H,13,14). The van der Waals surface area contributed by atoms with Gasteiger partial charge in [0, 0.05) is 27.9 Å². The molecule has 0 bridgehead atoms. The van der Waals surface area contributed by atoms with Crippen LogP contribution < -0.4 is 10.0 Å². The van der Waals surface area contributed by atoms with E-state index in [1.54, 1.807) is 17.6 Å². The lowest BCUT2D eigenvalue weighted by molar-refractivity contribution is 0.601. The molecule has 0 spiro atoms. The maximum atomic E-state index is 12.2. The molecule has 104 valence electrons. The number of sulfonamides is 1. The maximum Gasteiger partial charge on any atom is 0.264 e. The van der Waals surface area contributed by atoms with Crippen molar-refractivity contribution in [2.24, 2.45) is 0 Å². The maximum absolute atomic E-state index is 12.2. The smallest absolute Gasteiger partial charge is 0.264 e. The molecular formula is C11H15N3O2S3. The summed E-state index contributed by atoms with van der Waals surface area (Å²) < 4.78 is 27.0. The van der Waals surface area contributed by atoms with Gasteiger partial charge in [0.2, 0.25) is 0 Å². The number of nitrogens with one attached hydrogen (secondary N) is 2. The number of hydrogen-bond acceptors (Lipinski definition) is 6. The minimum Gasteiger partial charge on any atom is -0.312 e. The average molecular weight is 317 g/mol. The fourth-order valence-corrected chi connectivity index (χ4v) is 4.96. The molecule has 2 aromatic heterocycles. The number of thiazole rings is 1. The second-order valence-corrected chi connectivity index (χ2v) is 7.74. The molecule has 0 fully saturated rings. The monoisotopic (exact) mass is 317 g/mol. The van der Waals surface area contributed by atoms with Crippen LogP contribution in [0.25, 0.3) is 0 Å². The molecule has 0 aliphatic rings. The van der Waals surface area contributed by atoms with Gasteiger partial charge in [0.05, 0.1) is 0 Å². The summed E-state index contributed by atoms with van der Waals surface area (Å²) in [5, 5.41) is 5.31. The van der Waals surface area contributed by atoms with Crippen LogP contribution in [0, 0.1) is 6.92 Å². The number of hydrogen-bond donors (Lipinski definition) is 2. The van der Waals surface area contributed by atoms with Crippen molar-refractivity contribution in [3.05, 3.63) is 27.4 Å². The van der Waals surface area contributed by atoms with Gasteiger partial charge in [-0.3, -0.25) is 4.72 Å². The summed E-state index contributed by atoms with van der Waals surface area (Å²) in [6.07, 6.45) is 1.57. The third-order valence-electron chi connectivity index (χ3n) is 2.42. The van der Waals surface area contributed by atoms with Gasteiger partial charge in [0.1, 0.15) is 4.90 Å². The fourth-order valence-electron chi connectivity index (χ4n) is 1.57. The SMILES string of the molecule is CCNCc1cc(S(=O)(=O)Nc2nccs2)c(C)s1. The van der Waals surface area contributed by atoms with Crippen LogP contribution in [0.15, 0.2) is 22.5 Å². The summed E-state index contributed by atoms with van der Waals surface area (Å²) in [4.78, 5) is 6.07. The van der Waals surface area contributed by atoms with Crippen molar-refractivity contribution in [1.82, 2.24) is 10.3 Å². The van der Waals surface area contributed by atoms with E-state index in [0.717, 1.165) is 16.3 Å². The van der Waals surface area contributed by atoms with E-state index in [1.165, 1.54) is 22.7 Å². The molecule has 0 saturated heterocycles. The highest BCUT2D eigenvalue weighted by Gasteiger charge is 2.20. The van der Waals surface area contributed by atoms with Gasteiger partial charge in [-0.1, -0.05) is 6.92 Å². The topological polar surface area (TPSA) is 71.1 Å². The van der Waals surface area contributed by atoms with Crippen LogP contribution in [0.5, 0.6) is 0 Å². The number of anilines is 1. The first-order valence-corrected chi connectivity index (χ1v) is 8.93. The van der Waals surface area contributed by atoms with E-state index in [1.807, 2.05) is 13.8 Å². The average Bonchev–Trinajstić information content (AvgIpc) is 2.95. The highest BCUT2D eigenvalue weighted by Crippen LogP contribution is 2.27. The largest absolute Gasteiger partial charge is 0.312 e. The lowest BCUT2D eigenvalue weighted by Crippen LogP contribution is -2.13. The van der Waals surface area contributed by atoms with Gasteiger partial charge >= 0.3 is 0 Å². The summed E-state index contributed by atoms with van der Waals surface area (Å²) in [6, 6.07) is 1.72. The van der Waals surface area contributed by atoms with Crippen molar-refractivity contribution in [3.63, 3.8) is 0 Å². The third kappa shape index (κ3) is 3.53. The first-order valence-electron chi connectivity index (χ1n) is 5.75. The van der Waals surface area contributed by atoms with Crippen molar-refractivity contribution < 1.29 is 8.42 Å². The Labute approximate surface area is 120 Å². The third-order valence-corrected chi connectivity index (χ3v) is 5.88. The van der Waals surface area contributed by atoms with Crippen LogP contribution >= 0.6 is 22.7 Å². The minimum absolute atomic E-state index is 0.334. The predicted molar refractivity (Wildman–Crippen MR) is 79.4 cm³/mol. The molecule has 2 heterocycles. The summed E-state index contributed by atoms with van der Waals surface area (Å²) >= 11 is 2.76. The van der Waals surface area contributed by atoms with E-state index < -0.39 is 10.0 Å². The summed E-state index contributed by atoms with van der Waals surface area (Å²) in [5.74, 6) is 0. The number of rotatable bonds is 6. The van der Waals surface area contributed by atoms with Gasteiger partial charge in [-0.25, -0.2) is 13.4 Å². The van der Waals surface area contributed by atoms with Gasteiger partial charge in [0.15, 0.2) is 5.13 Å². The highest BCUT2D eigenvalue weighted by molar-refractivity contribution is 7.93. The first-order chi connectivity index (χ1) is 9.03. The second-order valence-electron chi connectivity index (χ2n) is 3.86.